The Kier molecular flexibility index (Phi) is 2.45. The number of ketones is 1. The van der Waals surface area contributed by atoms with Crippen molar-refractivity contribution in [3.8, 4) is 23.6 Å². The second-order valence-electron chi connectivity index (χ2n) is 4.22. The van der Waals surface area contributed by atoms with Crippen molar-refractivity contribution in [2.24, 2.45) is 0 Å². The van der Waals surface area contributed by atoms with Gasteiger partial charge in [0.15, 0.2) is 11.4 Å². The van der Waals surface area contributed by atoms with Crippen LogP contribution in [0.15, 0.2) is 30.1 Å². The number of carbonyl (C=O) groups is 1. The van der Waals surface area contributed by atoms with Gasteiger partial charge in [0.05, 0.1) is 23.0 Å². The standard InChI is InChI=1S/C8H8O.C6H3N3/c1-2-7-5-3-4-6-8(7)9;1-2-9-6-4(3-7-9)5(1)8-6/h1,5H,3-4,6H2;1-3H. The van der Waals surface area contributed by atoms with E-state index in [1.165, 1.54) is 5.56 Å². The first-order chi connectivity index (χ1) is 8.79. The summed E-state index contributed by atoms with van der Waals surface area (Å²) in [5.74, 6) is 2.49. The molecule has 0 N–H and O–H groups in total. The third kappa shape index (κ3) is 1.61. The van der Waals surface area contributed by atoms with E-state index >= 15 is 0 Å². The van der Waals surface area contributed by atoms with E-state index < -0.39 is 0 Å². The zero-order valence-corrected chi connectivity index (χ0v) is 9.76. The summed E-state index contributed by atoms with van der Waals surface area (Å²) in [5.41, 5.74) is 3.84. The number of terminal acetylenes is 1. The average molecular weight is 237 g/mol. The quantitative estimate of drug-likeness (QED) is 0.562. The maximum Gasteiger partial charge on any atom is 0.170 e. The van der Waals surface area contributed by atoms with E-state index in [0.29, 0.717) is 12.0 Å². The van der Waals surface area contributed by atoms with Crippen molar-refractivity contribution >= 4 is 11.4 Å². The van der Waals surface area contributed by atoms with Gasteiger partial charge < -0.3 is 0 Å². The SMILES string of the molecule is C#CC1=CCCCC1=O.c1cn2ncc3c2nc1-3. The second kappa shape index (κ2) is 4.11. The Hall–Kier alpha value is -2.41. The molecule has 4 bridgehead atoms. The summed E-state index contributed by atoms with van der Waals surface area (Å²) in [6.45, 7) is 0. The van der Waals surface area contributed by atoms with Crippen LogP contribution in [0.5, 0.6) is 0 Å². The second-order valence-corrected chi connectivity index (χ2v) is 4.22. The fourth-order valence-corrected chi connectivity index (χ4v) is 2.04. The molecule has 5 rings (SSSR count). The lowest BCUT2D eigenvalue weighted by atomic mass is 9.99. The molecular formula is C14H11N3O. The minimum absolute atomic E-state index is 0.128. The van der Waals surface area contributed by atoms with Gasteiger partial charge >= 0.3 is 0 Å². The van der Waals surface area contributed by atoms with E-state index in [2.05, 4.69) is 16.0 Å². The van der Waals surface area contributed by atoms with Gasteiger partial charge in [-0.3, -0.25) is 4.79 Å². The van der Waals surface area contributed by atoms with E-state index in [1.54, 1.807) is 4.52 Å². The van der Waals surface area contributed by atoms with Crippen molar-refractivity contribution in [1.82, 2.24) is 14.6 Å². The van der Waals surface area contributed by atoms with E-state index in [0.717, 1.165) is 24.2 Å². The highest BCUT2D eigenvalue weighted by molar-refractivity contribution is 5.99. The lowest BCUT2D eigenvalue weighted by molar-refractivity contribution is -0.115. The Morgan fingerprint density at radius 3 is 2.89 bits per heavy atom. The number of allylic oxidation sites excluding steroid dienone is 2. The molecule has 0 amide bonds. The number of fused-ring (bicyclic) bond motifs is 1. The molecule has 0 unspecified atom stereocenters. The van der Waals surface area contributed by atoms with Gasteiger partial charge in [0.25, 0.3) is 0 Å². The lowest BCUT2D eigenvalue weighted by Crippen LogP contribution is -2.04. The zero-order valence-electron chi connectivity index (χ0n) is 9.76. The van der Waals surface area contributed by atoms with Crippen LogP contribution in [0.2, 0.25) is 0 Å². The normalized spacial score (nSPS) is 15.5. The van der Waals surface area contributed by atoms with Gasteiger partial charge in [-0.15, -0.1) is 6.42 Å². The van der Waals surface area contributed by atoms with Crippen molar-refractivity contribution in [1.29, 1.82) is 0 Å². The van der Waals surface area contributed by atoms with Gasteiger partial charge in [0, 0.05) is 12.6 Å². The van der Waals surface area contributed by atoms with Crippen LogP contribution in [0.1, 0.15) is 19.3 Å². The maximum absolute atomic E-state index is 10.8. The van der Waals surface area contributed by atoms with Gasteiger partial charge in [-0.05, 0) is 18.9 Å². The molecule has 0 atom stereocenters. The minimum Gasteiger partial charge on any atom is -0.293 e. The van der Waals surface area contributed by atoms with Gasteiger partial charge in [-0.1, -0.05) is 12.0 Å². The van der Waals surface area contributed by atoms with Gasteiger partial charge in [0.1, 0.15) is 0 Å². The zero-order chi connectivity index (χ0) is 12.5. The average Bonchev–Trinajstić information content (AvgIpc) is 2.61. The summed E-state index contributed by atoms with van der Waals surface area (Å²) in [6, 6.07) is 1.97. The molecule has 0 radical (unpaired) electrons. The summed E-state index contributed by atoms with van der Waals surface area (Å²) in [6.07, 6.45) is 13.2. The fourth-order valence-electron chi connectivity index (χ4n) is 2.04. The number of nitrogens with zero attached hydrogens (tertiary/aromatic N) is 3. The van der Waals surface area contributed by atoms with Crippen LogP contribution in [0.25, 0.3) is 16.9 Å². The van der Waals surface area contributed by atoms with Crippen molar-refractivity contribution in [3.05, 3.63) is 30.1 Å². The molecule has 0 saturated carbocycles. The minimum atomic E-state index is 0.128. The molecule has 3 aliphatic rings. The number of pyridine rings is 1. The molecule has 4 heterocycles. The fraction of sp³-hybridized carbons (Fsp3) is 0.214. The van der Waals surface area contributed by atoms with E-state index in [4.69, 9.17) is 6.42 Å². The van der Waals surface area contributed by atoms with Crippen LogP contribution in [-0.4, -0.2) is 20.4 Å². The Morgan fingerprint density at radius 1 is 1.44 bits per heavy atom. The molecule has 1 aliphatic carbocycles. The highest BCUT2D eigenvalue weighted by Gasteiger charge is 2.17. The van der Waals surface area contributed by atoms with Crippen molar-refractivity contribution in [3.63, 3.8) is 0 Å². The molecule has 0 fully saturated rings. The number of carbonyl (C=O) groups excluding carboxylic acids is 1. The van der Waals surface area contributed by atoms with Crippen LogP contribution >= 0.6 is 0 Å². The molecule has 2 aromatic heterocycles. The summed E-state index contributed by atoms with van der Waals surface area (Å²) < 4.78 is 1.78. The van der Waals surface area contributed by atoms with Crippen molar-refractivity contribution < 1.29 is 4.79 Å². The Bertz CT molecular complexity index is 698. The molecule has 0 aromatic carbocycles. The predicted molar refractivity (Wildman–Crippen MR) is 67.8 cm³/mol. The monoisotopic (exact) mass is 237 g/mol. The van der Waals surface area contributed by atoms with Crippen molar-refractivity contribution in [2.75, 3.05) is 0 Å². The highest BCUT2D eigenvalue weighted by Crippen LogP contribution is 2.29. The molecule has 0 spiro atoms. The van der Waals surface area contributed by atoms with Crippen LogP contribution < -0.4 is 0 Å². The smallest absolute Gasteiger partial charge is 0.170 e. The number of hydrogen-bond donors (Lipinski definition) is 0. The highest BCUT2D eigenvalue weighted by atomic mass is 16.1. The van der Waals surface area contributed by atoms with E-state index in [-0.39, 0.29) is 5.78 Å². The summed E-state index contributed by atoms with van der Waals surface area (Å²) >= 11 is 0. The first kappa shape index (κ1) is 10.7. The Balaban J connectivity index is 0.000000111. The van der Waals surface area contributed by atoms with Gasteiger partial charge in [-0.25, -0.2) is 9.50 Å². The molecule has 18 heavy (non-hydrogen) atoms. The lowest BCUT2D eigenvalue weighted by Gasteiger charge is -2.06. The molecule has 2 aliphatic heterocycles. The largest absolute Gasteiger partial charge is 0.293 e. The molecular weight excluding hydrogens is 226 g/mol. The maximum atomic E-state index is 10.8. The first-order valence-electron chi connectivity index (χ1n) is 5.84. The number of rotatable bonds is 0. The molecule has 2 aromatic rings. The molecule has 0 saturated heterocycles. The van der Waals surface area contributed by atoms with Gasteiger partial charge in [0.2, 0.25) is 0 Å². The molecule has 88 valence electrons. The first-order valence-corrected chi connectivity index (χ1v) is 5.84. The molecule has 4 heteroatoms. The number of Topliss-reactive ketones (excluding diaryl/α,β-unsaturated/α-hetero) is 1. The third-order valence-electron chi connectivity index (χ3n) is 3.06. The van der Waals surface area contributed by atoms with Crippen molar-refractivity contribution in [2.45, 2.75) is 19.3 Å². The van der Waals surface area contributed by atoms with Crippen LogP contribution in [0, 0.1) is 12.3 Å². The molecule has 4 nitrogen and oxygen atoms in total. The van der Waals surface area contributed by atoms with Crippen LogP contribution in [-0.2, 0) is 4.79 Å². The predicted octanol–water partition coefficient (Wildman–Crippen LogP) is 2.01. The Labute approximate surface area is 104 Å². The topological polar surface area (TPSA) is 47.3 Å². The summed E-state index contributed by atoms with van der Waals surface area (Å²) in [5, 5.41) is 4.05. The summed E-state index contributed by atoms with van der Waals surface area (Å²) in [7, 11) is 0. The van der Waals surface area contributed by atoms with E-state index in [1.807, 2.05) is 24.5 Å². The number of aromatic nitrogens is 3. The van der Waals surface area contributed by atoms with Crippen LogP contribution in [0.4, 0.5) is 0 Å². The summed E-state index contributed by atoms with van der Waals surface area (Å²) in [4.78, 5) is 15.0. The Morgan fingerprint density at radius 2 is 2.33 bits per heavy atom. The van der Waals surface area contributed by atoms with Gasteiger partial charge in [-0.2, -0.15) is 5.10 Å². The number of hydrogen-bond acceptors (Lipinski definition) is 3. The third-order valence-corrected chi connectivity index (χ3v) is 3.06. The van der Waals surface area contributed by atoms with Crippen LogP contribution in [0.3, 0.4) is 0 Å². The van der Waals surface area contributed by atoms with E-state index in [9.17, 15) is 4.79 Å².